The number of nitrogens with one attached hydrogen (secondary N) is 1. The number of esters is 1. The number of sulfonamides is 1. The second kappa shape index (κ2) is 8.74. The Bertz CT molecular complexity index is 1290. The molecule has 0 aliphatic rings. The summed E-state index contributed by atoms with van der Waals surface area (Å²) in [6.07, 6.45) is 1.42. The maximum absolute atomic E-state index is 12.2. The Morgan fingerprint density at radius 1 is 1.17 bits per heavy atom. The van der Waals surface area contributed by atoms with Crippen molar-refractivity contribution in [1.29, 1.82) is 0 Å². The van der Waals surface area contributed by atoms with Gasteiger partial charge in [0.15, 0.2) is 5.78 Å². The fraction of sp³-hybridized carbons (Fsp3) is 0.158. The van der Waals surface area contributed by atoms with Crippen LogP contribution in [0.2, 0.25) is 5.02 Å². The number of benzene rings is 1. The van der Waals surface area contributed by atoms with Gasteiger partial charge in [0.25, 0.3) is 5.56 Å². The molecule has 0 fully saturated rings. The van der Waals surface area contributed by atoms with Crippen molar-refractivity contribution < 1.29 is 22.7 Å². The molecule has 2 aromatic heterocycles. The van der Waals surface area contributed by atoms with Crippen LogP contribution in [0.4, 0.5) is 0 Å². The van der Waals surface area contributed by atoms with Gasteiger partial charge in [-0.25, -0.2) is 13.4 Å². The number of carbonyl (C=O) groups excluding carboxylic acids is 2. The van der Waals surface area contributed by atoms with E-state index in [1.165, 1.54) is 47.9 Å². The molecule has 0 aliphatic heterocycles. The smallest absolute Gasteiger partial charge is 0.321 e. The molecule has 0 amide bonds. The lowest BCUT2D eigenvalue weighted by atomic mass is 10.2. The normalized spacial score (nSPS) is 11.4. The second-order valence-electron chi connectivity index (χ2n) is 6.23. The Hall–Kier alpha value is -3.08. The summed E-state index contributed by atoms with van der Waals surface area (Å²) >= 11 is 5.84. The fourth-order valence-electron chi connectivity index (χ4n) is 2.51. The first-order valence-electron chi connectivity index (χ1n) is 8.60. The summed E-state index contributed by atoms with van der Waals surface area (Å²) in [4.78, 5) is 39.4. The first-order chi connectivity index (χ1) is 14.2. The third kappa shape index (κ3) is 5.09. The number of pyridine rings is 1. The molecule has 9 nitrogen and oxygen atoms in total. The molecule has 0 radical (unpaired) electrons. The molecule has 0 atom stereocenters. The highest BCUT2D eigenvalue weighted by molar-refractivity contribution is 7.89. The van der Waals surface area contributed by atoms with Crippen LogP contribution in [0.5, 0.6) is 0 Å². The number of aromatic nitrogens is 2. The first-order valence-corrected chi connectivity index (χ1v) is 10.5. The molecule has 1 aromatic carbocycles. The molecule has 3 aromatic rings. The van der Waals surface area contributed by atoms with Crippen LogP contribution in [0.15, 0.2) is 58.4 Å². The van der Waals surface area contributed by atoms with Crippen molar-refractivity contribution in [3.63, 3.8) is 0 Å². The van der Waals surface area contributed by atoms with E-state index in [1.807, 2.05) is 0 Å². The number of rotatable bonds is 7. The predicted octanol–water partition coefficient (Wildman–Crippen LogP) is 1.57. The van der Waals surface area contributed by atoms with Gasteiger partial charge in [0.05, 0.1) is 15.6 Å². The van der Waals surface area contributed by atoms with Crippen LogP contribution in [0.25, 0.3) is 5.65 Å². The highest BCUT2D eigenvalue weighted by Crippen LogP contribution is 2.11. The molecule has 2 heterocycles. The number of Topliss-reactive ketones (excluding diaryl/α,β-unsaturated/α-hetero) is 1. The zero-order valence-corrected chi connectivity index (χ0v) is 17.2. The van der Waals surface area contributed by atoms with E-state index < -0.39 is 28.1 Å². The standard InChI is InChI=1S/C19H16ClN3O6S/c1-12(24)13-2-5-16(6-3-13)30(27,28)21-9-19(26)29-11-15-8-18(25)23-10-14(20)4-7-17(23)22-15/h2-8,10,21H,9,11H2,1H3. The Balaban J connectivity index is 1.60. The van der Waals surface area contributed by atoms with E-state index in [4.69, 9.17) is 16.3 Å². The highest BCUT2D eigenvalue weighted by atomic mass is 35.5. The molecule has 0 saturated heterocycles. The number of ether oxygens (including phenoxy) is 1. The van der Waals surface area contributed by atoms with Gasteiger partial charge in [-0.2, -0.15) is 4.72 Å². The van der Waals surface area contributed by atoms with Crippen molar-refractivity contribution in [2.24, 2.45) is 0 Å². The van der Waals surface area contributed by atoms with Crippen molar-refractivity contribution in [2.75, 3.05) is 6.54 Å². The minimum Gasteiger partial charge on any atom is -0.458 e. The molecule has 0 bridgehead atoms. The van der Waals surface area contributed by atoms with Crippen LogP contribution in [0.3, 0.4) is 0 Å². The lowest BCUT2D eigenvalue weighted by molar-refractivity contribution is -0.143. The number of nitrogens with zero attached hydrogens (tertiary/aromatic N) is 2. The molecule has 156 valence electrons. The van der Waals surface area contributed by atoms with E-state index in [0.29, 0.717) is 16.2 Å². The number of fused-ring (bicyclic) bond motifs is 1. The van der Waals surface area contributed by atoms with Crippen LogP contribution in [0.1, 0.15) is 23.0 Å². The van der Waals surface area contributed by atoms with Gasteiger partial charge in [-0.15, -0.1) is 0 Å². The Labute approximate surface area is 176 Å². The molecule has 0 aliphatic carbocycles. The van der Waals surface area contributed by atoms with Crippen molar-refractivity contribution in [2.45, 2.75) is 18.4 Å². The molecule has 11 heteroatoms. The maximum Gasteiger partial charge on any atom is 0.321 e. The molecule has 3 rings (SSSR count). The Kier molecular flexibility index (Phi) is 6.30. The summed E-state index contributed by atoms with van der Waals surface area (Å²) in [6.45, 7) is 0.451. The fourth-order valence-corrected chi connectivity index (χ4v) is 3.64. The van der Waals surface area contributed by atoms with Gasteiger partial charge in [0.2, 0.25) is 10.0 Å². The SMILES string of the molecule is CC(=O)c1ccc(S(=O)(=O)NCC(=O)OCc2cc(=O)n3cc(Cl)ccc3n2)cc1. The highest BCUT2D eigenvalue weighted by Gasteiger charge is 2.17. The van der Waals surface area contributed by atoms with E-state index in [9.17, 15) is 22.8 Å². The van der Waals surface area contributed by atoms with E-state index in [1.54, 1.807) is 12.1 Å². The summed E-state index contributed by atoms with van der Waals surface area (Å²) < 4.78 is 32.8. The lowest BCUT2D eigenvalue weighted by Crippen LogP contribution is -2.30. The molecule has 0 unspecified atom stereocenters. The van der Waals surface area contributed by atoms with Crippen LogP contribution in [-0.2, 0) is 26.2 Å². The van der Waals surface area contributed by atoms with E-state index in [0.717, 1.165) is 0 Å². The van der Waals surface area contributed by atoms with Gasteiger partial charge in [-0.3, -0.25) is 18.8 Å². The minimum absolute atomic E-state index is 0.0943. The number of hydrogen-bond donors (Lipinski definition) is 1. The van der Waals surface area contributed by atoms with Gasteiger partial charge in [0, 0.05) is 17.8 Å². The minimum atomic E-state index is -3.96. The largest absolute Gasteiger partial charge is 0.458 e. The quantitative estimate of drug-likeness (QED) is 0.429. The zero-order chi connectivity index (χ0) is 21.9. The van der Waals surface area contributed by atoms with Crippen LogP contribution >= 0.6 is 11.6 Å². The van der Waals surface area contributed by atoms with Crippen LogP contribution in [-0.4, -0.2) is 36.1 Å². The number of halogens is 1. The summed E-state index contributed by atoms with van der Waals surface area (Å²) in [5.74, 6) is -1.04. The van der Waals surface area contributed by atoms with E-state index >= 15 is 0 Å². The van der Waals surface area contributed by atoms with Crippen LogP contribution < -0.4 is 10.3 Å². The van der Waals surface area contributed by atoms with Crippen LogP contribution in [0, 0.1) is 0 Å². The topological polar surface area (TPSA) is 124 Å². The summed E-state index contributed by atoms with van der Waals surface area (Å²) in [5, 5.41) is 0.369. The third-order valence-electron chi connectivity index (χ3n) is 4.04. The lowest BCUT2D eigenvalue weighted by Gasteiger charge is -2.08. The molecular formula is C19H16ClN3O6S. The van der Waals surface area contributed by atoms with Gasteiger partial charge in [-0.1, -0.05) is 23.7 Å². The van der Waals surface area contributed by atoms with Gasteiger partial charge in [0.1, 0.15) is 18.8 Å². The molecule has 1 N–H and O–H groups in total. The van der Waals surface area contributed by atoms with Crippen molar-refractivity contribution in [3.8, 4) is 0 Å². The molecule has 0 saturated carbocycles. The van der Waals surface area contributed by atoms with E-state index in [-0.39, 0.29) is 23.0 Å². The van der Waals surface area contributed by atoms with Gasteiger partial charge >= 0.3 is 5.97 Å². The third-order valence-corrected chi connectivity index (χ3v) is 5.68. The summed E-state index contributed by atoms with van der Waals surface area (Å²) in [5.41, 5.74) is 0.503. The predicted molar refractivity (Wildman–Crippen MR) is 108 cm³/mol. The summed E-state index contributed by atoms with van der Waals surface area (Å²) in [6, 6.07) is 9.60. The Morgan fingerprint density at radius 3 is 2.53 bits per heavy atom. The van der Waals surface area contributed by atoms with Crippen molar-refractivity contribution in [3.05, 3.63) is 75.3 Å². The first kappa shape index (κ1) is 21.6. The van der Waals surface area contributed by atoms with Gasteiger partial charge < -0.3 is 4.74 Å². The molecule has 0 spiro atoms. The Morgan fingerprint density at radius 2 is 1.87 bits per heavy atom. The molecular weight excluding hydrogens is 434 g/mol. The van der Waals surface area contributed by atoms with E-state index in [2.05, 4.69) is 9.71 Å². The second-order valence-corrected chi connectivity index (χ2v) is 8.43. The molecule has 30 heavy (non-hydrogen) atoms. The summed E-state index contributed by atoms with van der Waals surface area (Å²) in [7, 11) is -3.96. The average molecular weight is 450 g/mol. The monoisotopic (exact) mass is 449 g/mol. The van der Waals surface area contributed by atoms with Crippen molar-refractivity contribution >= 4 is 39.0 Å². The van der Waals surface area contributed by atoms with Crippen molar-refractivity contribution in [1.82, 2.24) is 14.1 Å². The average Bonchev–Trinajstić information content (AvgIpc) is 2.71. The maximum atomic E-state index is 12.2. The number of carbonyl (C=O) groups is 2. The number of ketones is 1. The number of hydrogen-bond acceptors (Lipinski definition) is 7. The van der Waals surface area contributed by atoms with Gasteiger partial charge in [-0.05, 0) is 31.2 Å². The zero-order valence-electron chi connectivity index (χ0n) is 15.7.